The van der Waals surface area contributed by atoms with Crippen molar-refractivity contribution in [2.45, 2.75) is 38.5 Å². The molecule has 0 bridgehead atoms. The third-order valence-electron chi connectivity index (χ3n) is 4.33. The molecule has 0 radical (unpaired) electrons. The normalized spacial score (nSPS) is 35.7. The highest BCUT2D eigenvalue weighted by atomic mass is 32.2. The largest absolute Gasteiger partial charge is 0.390 e. The number of nitrogens with zero attached hydrogens (tertiary/aromatic N) is 2. The highest BCUT2D eigenvalue weighted by Gasteiger charge is 2.40. The summed E-state index contributed by atoms with van der Waals surface area (Å²) in [6.45, 7) is 8.08. The molecule has 2 heterocycles. The average Bonchev–Trinajstić information content (AvgIpc) is 2.62. The second kappa shape index (κ2) is 5.45. The first-order chi connectivity index (χ1) is 8.43. The third kappa shape index (κ3) is 3.04. The van der Waals surface area contributed by atoms with Crippen molar-refractivity contribution in [3.05, 3.63) is 0 Å². The minimum atomic E-state index is -3.03. The summed E-state index contributed by atoms with van der Waals surface area (Å²) in [5.74, 6) is 0.0563. The van der Waals surface area contributed by atoms with Gasteiger partial charge in [0.15, 0.2) is 9.84 Å². The first-order valence-electron chi connectivity index (χ1n) is 6.79. The summed E-state index contributed by atoms with van der Waals surface area (Å²) in [5, 5.41) is 9.86. The smallest absolute Gasteiger partial charge is 0.154 e. The number of aliphatic hydroxyl groups excluding tert-OH is 1. The van der Waals surface area contributed by atoms with E-state index in [0.717, 1.165) is 32.6 Å². The molecule has 0 aromatic rings. The Morgan fingerprint density at radius 2 is 1.83 bits per heavy atom. The highest BCUT2D eigenvalue weighted by Crippen LogP contribution is 2.20. The van der Waals surface area contributed by atoms with Crippen molar-refractivity contribution in [1.29, 1.82) is 0 Å². The van der Waals surface area contributed by atoms with Gasteiger partial charge < -0.3 is 5.11 Å². The fourth-order valence-corrected chi connectivity index (χ4v) is 4.76. The Labute approximate surface area is 110 Å². The summed E-state index contributed by atoms with van der Waals surface area (Å²) in [7, 11) is -3.03. The van der Waals surface area contributed by atoms with Crippen molar-refractivity contribution in [1.82, 2.24) is 9.80 Å². The van der Waals surface area contributed by atoms with Crippen LogP contribution in [0.3, 0.4) is 0 Å². The molecule has 3 atom stereocenters. The van der Waals surface area contributed by atoms with Crippen LogP contribution >= 0.6 is 0 Å². The third-order valence-corrected chi connectivity index (χ3v) is 6.02. The van der Waals surface area contributed by atoms with Crippen LogP contribution in [0.2, 0.25) is 0 Å². The Morgan fingerprint density at radius 3 is 2.28 bits per heavy atom. The maximum absolute atomic E-state index is 11.5. The summed E-state index contributed by atoms with van der Waals surface area (Å²) >= 11 is 0. The van der Waals surface area contributed by atoms with Crippen molar-refractivity contribution in [2.75, 3.05) is 37.7 Å². The minimum absolute atomic E-state index is 0.0662. The lowest BCUT2D eigenvalue weighted by Gasteiger charge is -2.40. The average molecular weight is 276 g/mol. The summed E-state index contributed by atoms with van der Waals surface area (Å²) in [6.07, 6.45) is 0.436. The Hall–Kier alpha value is -0.170. The lowest BCUT2D eigenvalue weighted by molar-refractivity contribution is 0.0331. The number of piperazine rings is 1. The number of rotatable bonds is 3. The predicted molar refractivity (Wildman–Crippen MR) is 71.3 cm³/mol. The number of hydrogen-bond acceptors (Lipinski definition) is 5. The van der Waals surface area contributed by atoms with Crippen LogP contribution in [-0.4, -0.2) is 79.2 Å². The molecule has 0 spiro atoms. The van der Waals surface area contributed by atoms with Gasteiger partial charge in [0.25, 0.3) is 0 Å². The Bertz CT molecular complexity index is 377. The molecule has 3 unspecified atom stereocenters. The van der Waals surface area contributed by atoms with Crippen LogP contribution in [0, 0.1) is 0 Å². The van der Waals surface area contributed by atoms with E-state index >= 15 is 0 Å². The van der Waals surface area contributed by atoms with Crippen LogP contribution in [0.1, 0.15) is 20.3 Å². The van der Waals surface area contributed by atoms with Gasteiger partial charge in [-0.1, -0.05) is 6.92 Å². The van der Waals surface area contributed by atoms with E-state index in [1.54, 1.807) is 0 Å². The molecule has 2 aliphatic heterocycles. The van der Waals surface area contributed by atoms with Crippen molar-refractivity contribution in [3.8, 4) is 0 Å². The molecule has 5 nitrogen and oxygen atoms in total. The van der Waals surface area contributed by atoms with Gasteiger partial charge in [-0.2, -0.15) is 0 Å². The molecule has 0 aromatic heterocycles. The van der Waals surface area contributed by atoms with Crippen LogP contribution in [0.4, 0.5) is 0 Å². The topological polar surface area (TPSA) is 60.9 Å². The Balaban J connectivity index is 1.90. The lowest BCUT2D eigenvalue weighted by atomic mass is 10.1. The highest BCUT2D eigenvalue weighted by molar-refractivity contribution is 7.91. The first kappa shape index (κ1) is 14.2. The summed E-state index contributed by atoms with van der Waals surface area (Å²) in [6, 6.07) is 0.401. The summed E-state index contributed by atoms with van der Waals surface area (Å²) in [4.78, 5) is 4.58. The molecule has 0 aliphatic carbocycles. The van der Waals surface area contributed by atoms with Crippen molar-refractivity contribution in [2.24, 2.45) is 0 Å². The molecule has 0 saturated carbocycles. The van der Waals surface area contributed by atoms with Crippen LogP contribution in [-0.2, 0) is 9.84 Å². The zero-order chi connectivity index (χ0) is 13.3. The number of hydrogen-bond donors (Lipinski definition) is 1. The molecule has 0 amide bonds. The molecular weight excluding hydrogens is 252 g/mol. The fraction of sp³-hybridized carbons (Fsp3) is 1.00. The van der Waals surface area contributed by atoms with Gasteiger partial charge >= 0.3 is 0 Å². The first-order valence-corrected chi connectivity index (χ1v) is 8.61. The van der Waals surface area contributed by atoms with E-state index < -0.39 is 15.9 Å². The zero-order valence-electron chi connectivity index (χ0n) is 11.2. The molecule has 2 saturated heterocycles. The van der Waals surface area contributed by atoms with E-state index in [2.05, 4.69) is 23.6 Å². The lowest BCUT2D eigenvalue weighted by Crippen LogP contribution is -2.55. The molecule has 18 heavy (non-hydrogen) atoms. The van der Waals surface area contributed by atoms with Gasteiger partial charge in [0.05, 0.1) is 23.7 Å². The van der Waals surface area contributed by atoms with E-state index in [0.29, 0.717) is 6.04 Å². The fourth-order valence-electron chi connectivity index (χ4n) is 2.93. The van der Waals surface area contributed by atoms with Crippen LogP contribution in [0.5, 0.6) is 0 Å². The second-order valence-electron chi connectivity index (χ2n) is 5.54. The maximum atomic E-state index is 11.5. The van der Waals surface area contributed by atoms with Crippen molar-refractivity contribution >= 4 is 9.84 Å². The van der Waals surface area contributed by atoms with E-state index in [4.69, 9.17) is 0 Å². The Kier molecular flexibility index (Phi) is 4.31. The zero-order valence-corrected chi connectivity index (χ0v) is 12.1. The van der Waals surface area contributed by atoms with Gasteiger partial charge in [-0.15, -0.1) is 0 Å². The standard InChI is InChI=1S/C12H24N2O3S/c1-3-10(2)13-4-6-14(7-5-13)11-8-18(16,17)9-12(11)15/h10-12,15H,3-9H2,1-2H3. The van der Waals surface area contributed by atoms with E-state index in [-0.39, 0.29) is 17.5 Å². The molecule has 6 heteroatoms. The molecule has 1 N–H and O–H groups in total. The summed E-state index contributed by atoms with van der Waals surface area (Å²) in [5.41, 5.74) is 0. The quantitative estimate of drug-likeness (QED) is 0.757. The van der Waals surface area contributed by atoms with E-state index in [1.165, 1.54) is 0 Å². The van der Waals surface area contributed by atoms with Crippen molar-refractivity contribution in [3.63, 3.8) is 0 Å². The van der Waals surface area contributed by atoms with Gasteiger partial charge in [-0.3, -0.25) is 9.80 Å². The Morgan fingerprint density at radius 1 is 1.22 bits per heavy atom. The molecular formula is C12H24N2O3S. The van der Waals surface area contributed by atoms with Crippen LogP contribution in [0.15, 0.2) is 0 Å². The minimum Gasteiger partial charge on any atom is -0.390 e. The van der Waals surface area contributed by atoms with Crippen molar-refractivity contribution < 1.29 is 13.5 Å². The second-order valence-corrected chi connectivity index (χ2v) is 7.69. The van der Waals surface area contributed by atoms with E-state index in [1.807, 2.05) is 0 Å². The van der Waals surface area contributed by atoms with Gasteiger partial charge in [-0.25, -0.2) is 8.42 Å². The molecule has 2 rings (SSSR count). The molecule has 2 fully saturated rings. The molecule has 0 aromatic carbocycles. The molecule has 106 valence electrons. The number of aliphatic hydroxyl groups is 1. The van der Waals surface area contributed by atoms with E-state index in [9.17, 15) is 13.5 Å². The predicted octanol–water partition coefficient (Wildman–Crippen LogP) is -0.440. The monoisotopic (exact) mass is 276 g/mol. The van der Waals surface area contributed by atoms with Gasteiger partial charge in [0.2, 0.25) is 0 Å². The van der Waals surface area contributed by atoms with Gasteiger partial charge in [0.1, 0.15) is 0 Å². The van der Waals surface area contributed by atoms with Crippen LogP contribution < -0.4 is 0 Å². The molecule has 2 aliphatic rings. The van der Waals surface area contributed by atoms with Gasteiger partial charge in [0, 0.05) is 32.2 Å². The van der Waals surface area contributed by atoms with Gasteiger partial charge in [-0.05, 0) is 13.3 Å². The SMILES string of the molecule is CCC(C)N1CCN(C2CS(=O)(=O)CC2O)CC1. The maximum Gasteiger partial charge on any atom is 0.154 e. The summed E-state index contributed by atoms with van der Waals surface area (Å²) < 4.78 is 23.0. The number of sulfone groups is 1. The van der Waals surface area contributed by atoms with Crippen LogP contribution in [0.25, 0.3) is 0 Å².